The minimum absolute atomic E-state index is 0.0995. The van der Waals surface area contributed by atoms with Crippen LogP contribution >= 0.6 is 0 Å². The molecule has 0 spiro atoms. The minimum Gasteiger partial charge on any atom is -0.496 e. The third-order valence-corrected chi connectivity index (χ3v) is 7.20. The summed E-state index contributed by atoms with van der Waals surface area (Å²) in [6.45, 7) is 5.77. The Hall–Kier alpha value is -2.58. The van der Waals surface area contributed by atoms with Gasteiger partial charge >= 0.3 is 0 Å². The number of ether oxygens (including phenoxy) is 2. The molecule has 0 atom stereocenters. The lowest BCUT2D eigenvalue weighted by Crippen LogP contribution is -2.30. The number of amides is 1. The van der Waals surface area contributed by atoms with Crippen molar-refractivity contribution in [3.8, 4) is 11.5 Å². The fourth-order valence-corrected chi connectivity index (χ4v) is 5.16. The van der Waals surface area contributed by atoms with Gasteiger partial charge in [-0.05, 0) is 48.6 Å². The molecule has 1 aliphatic rings. The summed E-state index contributed by atoms with van der Waals surface area (Å²) >= 11 is 0. The number of benzene rings is 2. The Kier molecular flexibility index (Phi) is 7.56. The molecule has 0 saturated carbocycles. The van der Waals surface area contributed by atoms with Crippen LogP contribution in [-0.2, 0) is 10.0 Å². The van der Waals surface area contributed by atoms with Crippen molar-refractivity contribution in [3.63, 3.8) is 0 Å². The molecule has 1 fully saturated rings. The molecule has 2 aromatic carbocycles. The monoisotopic (exact) mass is 446 g/mol. The van der Waals surface area contributed by atoms with Crippen molar-refractivity contribution in [2.45, 2.75) is 37.5 Å². The van der Waals surface area contributed by atoms with Gasteiger partial charge in [0.25, 0.3) is 5.91 Å². The van der Waals surface area contributed by atoms with E-state index in [1.807, 2.05) is 24.3 Å². The van der Waals surface area contributed by atoms with Crippen LogP contribution in [0.3, 0.4) is 0 Å². The Balaban J connectivity index is 1.67. The van der Waals surface area contributed by atoms with Crippen LogP contribution < -0.4 is 14.8 Å². The summed E-state index contributed by atoms with van der Waals surface area (Å²) in [5.41, 5.74) is 1.29. The molecule has 168 valence electrons. The van der Waals surface area contributed by atoms with E-state index in [1.165, 1.54) is 29.6 Å². The first-order valence-corrected chi connectivity index (χ1v) is 12.0. The molecule has 7 nitrogen and oxygen atoms in total. The van der Waals surface area contributed by atoms with Gasteiger partial charge in [-0.2, -0.15) is 4.31 Å². The predicted octanol–water partition coefficient (Wildman–Crippen LogP) is 3.41. The van der Waals surface area contributed by atoms with Crippen molar-refractivity contribution in [2.75, 3.05) is 33.4 Å². The average Bonchev–Trinajstić information content (AvgIpc) is 3.32. The van der Waals surface area contributed by atoms with Gasteiger partial charge in [-0.25, -0.2) is 8.42 Å². The highest BCUT2D eigenvalue weighted by Gasteiger charge is 2.28. The molecule has 0 aromatic heterocycles. The topological polar surface area (TPSA) is 84.9 Å². The number of nitrogens with zero attached hydrogens (tertiary/aromatic N) is 1. The highest BCUT2D eigenvalue weighted by molar-refractivity contribution is 7.89. The molecule has 0 bridgehead atoms. The fraction of sp³-hybridized carbons (Fsp3) is 0.435. The quantitative estimate of drug-likeness (QED) is 0.597. The zero-order chi connectivity index (χ0) is 22.4. The molecule has 1 heterocycles. The van der Waals surface area contributed by atoms with Gasteiger partial charge < -0.3 is 14.8 Å². The Morgan fingerprint density at radius 2 is 1.81 bits per heavy atom. The standard InChI is InChI=1S/C23H30N2O5S/c1-17(2)19-8-4-5-9-22(19)30-15-12-24-23(26)20-16-18(10-11-21(20)29-3)31(27,28)25-13-6-7-14-25/h4-5,8-11,16-17H,6-7,12-15H2,1-3H3,(H,24,26). The zero-order valence-electron chi connectivity index (χ0n) is 18.3. The van der Waals surface area contributed by atoms with Crippen LogP contribution in [0.5, 0.6) is 11.5 Å². The van der Waals surface area contributed by atoms with E-state index in [2.05, 4.69) is 19.2 Å². The Morgan fingerprint density at radius 3 is 2.48 bits per heavy atom. The number of rotatable bonds is 9. The van der Waals surface area contributed by atoms with Crippen molar-refractivity contribution in [1.82, 2.24) is 9.62 Å². The predicted molar refractivity (Wildman–Crippen MR) is 119 cm³/mol. The molecule has 1 aliphatic heterocycles. The number of hydrogen-bond donors (Lipinski definition) is 1. The summed E-state index contributed by atoms with van der Waals surface area (Å²) in [5, 5.41) is 2.79. The van der Waals surface area contributed by atoms with Crippen LogP contribution in [0.1, 0.15) is 48.5 Å². The lowest BCUT2D eigenvalue weighted by molar-refractivity contribution is 0.0943. The van der Waals surface area contributed by atoms with Crippen molar-refractivity contribution in [1.29, 1.82) is 0 Å². The molecule has 8 heteroatoms. The maximum Gasteiger partial charge on any atom is 0.255 e. The second-order valence-corrected chi connectivity index (χ2v) is 9.71. The minimum atomic E-state index is -3.62. The van der Waals surface area contributed by atoms with Gasteiger partial charge in [-0.3, -0.25) is 4.79 Å². The second kappa shape index (κ2) is 10.2. The smallest absolute Gasteiger partial charge is 0.255 e. The van der Waals surface area contributed by atoms with Crippen LogP contribution in [0.2, 0.25) is 0 Å². The van der Waals surface area contributed by atoms with E-state index in [9.17, 15) is 13.2 Å². The number of hydrogen-bond acceptors (Lipinski definition) is 5. The summed E-state index contributed by atoms with van der Waals surface area (Å²) in [5.74, 6) is 1.04. The highest BCUT2D eigenvalue weighted by Crippen LogP contribution is 2.27. The number of carbonyl (C=O) groups excluding carboxylic acids is 1. The van der Waals surface area contributed by atoms with Crippen molar-refractivity contribution in [2.24, 2.45) is 0 Å². The number of para-hydroxylation sites is 1. The summed E-state index contributed by atoms with van der Waals surface area (Å²) < 4.78 is 38.3. The maximum atomic E-state index is 12.8. The van der Waals surface area contributed by atoms with Gasteiger partial charge in [0.1, 0.15) is 18.1 Å². The molecule has 0 aliphatic carbocycles. The Labute approximate surface area is 184 Å². The molecule has 31 heavy (non-hydrogen) atoms. The van der Waals surface area contributed by atoms with Gasteiger partial charge in [0, 0.05) is 13.1 Å². The third-order valence-electron chi connectivity index (χ3n) is 5.30. The third kappa shape index (κ3) is 5.37. The van der Waals surface area contributed by atoms with Gasteiger partial charge in [0.2, 0.25) is 10.0 Å². The second-order valence-electron chi connectivity index (χ2n) is 7.77. The Morgan fingerprint density at radius 1 is 1.10 bits per heavy atom. The molecule has 3 rings (SSSR count). The number of methoxy groups -OCH3 is 1. The molecule has 1 amide bonds. The van der Waals surface area contributed by atoms with Crippen LogP contribution in [0.4, 0.5) is 0 Å². The first-order chi connectivity index (χ1) is 14.8. The summed E-state index contributed by atoms with van der Waals surface area (Å²) in [7, 11) is -2.17. The summed E-state index contributed by atoms with van der Waals surface area (Å²) in [4.78, 5) is 12.9. The molecule has 0 radical (unpaired) electrons. The SMILES string of the molecule is COc1ccc(S(=O)(=O)N2CCCC2)cc1C(=O)NCCOc1ccccc1C(C)C. The normalized spacial score (nSPS) is 14.6. The van der Waals surface area contributed by atoms with E-state index < -0.39 is 15.9 Å². The molecule has 0 unspecified atom stereocenters. The number of nitrogens with one attached hydrogen (secondary N) is 1. The first-order valence-electron chi connectivity index (χ1n) is 10.5. The number of sulfonamides is 1. The average molecular weight is 447 g/mol. The highest BCUT2D eigenvalue weighted by atomic mass is 32.2. The maximum absolute atomic E-state index is 12.8. The lowest BCUT2D eigenvalue weighted by Gasteiger charge is -2.17. The van der Waals surface area contributed by atoms with Gasteiger partial charge in [-0.15, -0.1) is 0 Å². The van der Waals surface area contributed by atoms with Crippen LogP contribution in [0, 0.1) is 0 Å². The van der Waals surface area contributed by atoms with Gasteiger partial charge in [0.05, 0.1) is 24.1 Å². The van der Waals surface area contributed by atoms with Crippen LogP contribution in [0.25, 0.3) is 0 Å². The van der Waals surface area contributed by atoms with E-state index in [1.54, 1.807) is 0 Å². The summed E-state index contributed by atoms with van der Waals surface area (Å²) in [6, 6.07) is 12.2. The van der Waals surface area contributed by atoms with Crippen molar-refractivity contribution >= 4 is 15.9 Å². The van der Waals surface area contributed by atoms with Crippen LogP contribution in [-0.4, -0.2) is 52.0 Å². The molecule has 1 N–H and O–H groups in total. The van der Waals surface area contributed by atoms with Gasteiger partial charge in [0.15, 0.2) is 0 Å². The van der Waals surface area contributed by atoms with E-state index in [0.717, 1.165) is 24.2 Å². The van der Waals surface area contributed by atoms with Crippen molar-refractivity contribution < 1.29 is 22.7 Å². The van der Waals surface area contributed by atoms with E-state index in [0.29, 0.717) is 31.4 Å². The van der Waals surface area contributed by atoms with Gasteiger partial charge in [-0.1, -0.05) is 32.0 Å². The summed E-state index contributed by atoms with van der Waals surface area (Å²) in [6.07, 6.45) is 1.70. The Bertz CT molecular complexity index is 1010. The van der Waals surface area contributed by atoms with E-state index >= 15 is 0 Å². The zero-order valence-corrected chi connectivity index (χ0v) is 19.1. The molecular formula is C23H30N2O5S. The molecule has 2 aromatic rings. The molecule has 1 saturated heterocycles. The van der Waals surface area contributed by atoms with Crippen molar-refractivity contribution in [3.05, 3.63) is 53.6 Å². The largest absolute Gasteiger partial charge is 0.496 e. The first kappa shape index (κ1) is 23.1. The number of carbonyl (C=O) groups is 1. The lowest BCUT2D eigenvalue weighted by atomic mass is 10.0. The van der Waals surface area contributed by atoms with E-state index in [4.69, 9.17) is 9.47 Å². The molecular weight excluding hydrogens is 416 g/mol. The van der Waals surface area contributed by atoms with Crippen LogP contribution in [0.15, 0.2) is 47.4 Å². The fourth-order valence-electron chi connectivity index (χ4n) is 3.61. The van der Waals surface area contributed by atoms with E-state index in [-0.39, 0.29) is 17.0 Å².